The third-order valence-electron chi connectivity index (χ3n) is 7.84. The Kier molecular flexibility index (Phi) is 8.33. The summed E-state index contributed by atoms with van der Waals surface area (Å²) in [4.78, 5) is 45.6. The molecule has 0 radical (unpaired) electrons. The van der Waals surface area contributed by atoms with Gasteiger partial charge in [-0.15, -0.1) is 0 Å². The van der Waals surface area contributed by atoms with Crippen LogP contribution in [0.5, 0.6) is 0 Å². The number of hydrogen-bond acceptors (Lipinski definition) is 11. The second-order valence-corrected chi connectivity index (χ2v) is 10.6. The van der Waals surface area contributed by atoms with Crippen LogP contribution in [0.4, 0.5) is 0 Å². The summed E-state index contributed by atoms with van der Waals surface area (Å²) in [7, 11) is 0. The molecule has 49 heavy (non-hydrogen) atoms. The number of aromatic nitrogens is 8. The van der Waals surface area contributed by atoms with E-state index in [1.54, 1.807) is 24.8 Å². The molecule has 0 spiro atoms. The van der Waals surface area contributed by atoms with Gasteiger partial charge < -0.3 is 15.3 Å². The molecular formula is C36H20AgN9O3. The standard InChI is InChI=1S/2C18H10N4.Ag.NO3/c2*1-2-8-14-13(7-1)21-17-11-5-3-9-19-15(11)16-12(18(17)22-14)6-4-10-20-16;;2-1(3)4/h2*1-10H;;/q;;+1;-1. The van der Waals surface area contributed by atoms with Crippen molar-refractivity contribution in [2.75, 3.05) is 0 Å². The maximum absolute atomic E-state index is 8.25. The van der Waals surface area contributed by atoms with Gasteiger partial charge in [0.1, 0.15) is 0 Å². The van der Waals surface area contributed by atoms with Gasteiger partial charge in [0.15, 0.2) is 0 Å². The molecule has 0 amide bonds. The van der Waals surface area contributed by atoms with Gasteiger partial charge in [0.05, 0.1) is 71.3 Å². The number of fused-ring (bicyclic) bond motifs is 14. The van der Waals surface area contributed by atoms with Crippen LogP contribution in [0.15, 0.2) is 122 Å². The zero-order chi connectivity index (χ0) is 32.6. The Bertz CT molecular complexity index is 2490. The topological polar surface area (TPSA) is 169 Å². The van der Waals surface area contributed by atoms with Gasteiger partial charge in [0, 0.05) is 46.3 Å². The molecule has 0 N–H and O–H groups in total. The zero-order valence-electron chi connectivity index (χ0n) is 25.1. The van der Waals surface area contributed by atoms with Crippen LogP contribution >= 0.6 is 0 Å². The van der Waals surface area contributed by atoms with Gasteiger partial charge in [-0.25, -0.2) is 19.9 Å². The Morgan fingerprint density at radius 1 is 0.367 bits per heavy atom. The average Bonchev–Trinajstić information content (AvgIpc) is 3.14. The molecule has 0 aliphatic carbocycles. The zero-order valence-corrected chi connectivity index (χ0v) is 26.6. The number of rotatable bonds is 0. The van der Waals surface area contributed by atoms with Crippen LogP contribution in [0.25, 0.3) is 87.7 Å². The minimum atomic E-state index is -1.75. The Balaban J connectivity index is 0.000000137. The van der Waals surface area contributed by atoms with Crippen LogP contribution in [0, 0.1) is 15.3 Å². The van der Waals surface area contributed by atoms with Crippen molar-refractivity contribution in [2.45, 2.75) is 0 Å². The minimum absolute atomic E-state index is 0. The molecule has 6 heterocycles. The quantitative estimate of drug-likeness (QED) is 0.0497. The summed E-state index contributed by atoms with van der Waals surface area (Å²) in [6.45, 7) is 0. The predicted molar refractivity (Wildman–Crippen MR) is 186 cm³/mol. The number of hydrogen-bond donors (Lipinski definition) is 0. The molecule has 4 aromatic carbocycles. The van der Waals surface area contributed by atoms with Crippen molar-refractivity contribution in [3.05, 3.63) is 137 Å². The third kappa shape index (κ3) is 5.65. The van der Waals surface area contributed by atoms with E-state index in [4.69, 9.17) is 35.3 Å². The molecule has 0 fully saturated rings. The predicted octanol–water partition coefficient (Wildman–Crippen LogP) is 7.52. The molecule has 6 aromatic heterocycles. The summed E-state index contributed by atoms with van der Waals surface area (Å²) < 4.78 is 0. The molecular weight excluding hydrogens is 714 g/mol. The molecule has 0 atom stereocenters. The van der Waals surface area contributed by atoms with Crippen molar-refractivity contribution in [2.24, 2.45) is 0 Å². The van der Waals surface area contributed by atoms with E-state index in [1.165, 1.54) is 0 Å². The van der Waals surface area contributed by atoms with E-state index >= 15 is 0 Å². The van der Waals surface area contributed by atoms with Crippen molar-refractivity contribution in [1.29, 1.82) is 0 Å². The Morgan fingerprint density at radius 3 is 0.816 bits per heavy atom. The Labute approximate surface area is 291 Å². The fourth-order valence-electron chi connectivity index (χ4n) is 5.89. The first kappa shape index (κ1) is 31.3. The molecule has 10 aromatic rings. The van der Waals surface area contributed by atoms with Gasteiger partial charge in [-0.05, 0) is 72.8 Å². The van der Waals surface area contributed by atoms with Gasteiger partial charge in [0.25, 0.3) is 0 Å². The van der Waals surface area contributed by atoms with Gasteiger partial charge in [0.2, 0.25) is 0 Å². The van der Waals surface area contributed by atoms with Crippen molar-refractivity contribution in [3.8, 4) is 0 Å². The molecule has 13 heteroatoms. The van der Waals surface area contributed by atoms with Gasteiger partial charge >= 0.3 is 22.4 Å². The van der Waals surface area contributed by atoms with Crippen LogP contribution in [0.2, 0.25) is 0 Å². The molecule has 0 aliphatic heterocycles. The summed E-state index contributed by atoms with van der Waals surface area (Å²) in [6.07, 6.45) is 7.15. The van der Waals surface area contributed by atoms with Crippen LogP contribution in [0.3, 0.4) is 0 Å². The summed E-state index contributed by atoms with van der Waals surface area (Å²) in [5.41, 5.74) is 10.6. The molecule has 10 rings (SSSR count). The van der Waals surface area contributed by atoms with Crippen LogP contribution < -0.4 is 0 Å². The molecule has 0 saturated heterocycles. The van der Waals surface area contributed by atoms with Crippen molar-refractivity contribution in [1.82, 2.24) is 39.9 Å². The molecule has 238 valence electrons. The normalized spacial score (nSPS) is 10.9. The van der Waals surface area contributed by atoms with E-state index in [9.17, 15) is 0 Å². The van der Waals surface area contributed by atoms with E-state index in [-0.39, 0.29) is 22.4 Å². The van der Waals surface area contributed by atoms with E-state index in [1.807, 2.05) is 97.1 Å². The monoisotopic (exact) mass is 733 g/mol. The number of para-hydroxylation sites is 4. The average molecular weight is 734 g/mol. The largest absolute Gasteiger partial charge is 1.00 e. The first-order valence-electron chi connectivity index (χ1n) is 14.7. The maximum Gasteiger partial charge on any atom is 1.00 e. The maximum atomic E-state index is 8.25. The first-order valence-corrected chi connectivity index (χ1v) is 14.7. The summed E-state index contributed by atoms with van der Waals surface area (Å²) in [6, 6.07) is 31.7. The van der Waals surface area contributed by atoms with Gasteiger partial charge in [-0.3, -0.25) is 19.9 Å². The fourth-order valence-corrected chi connectivity index (χ4v) is 5.89. The van der Waals surface area contributed by atoms with Crippen molar-refractivity contribution in [3.63, 3.8) is 0 Å². The van der Waals surface area contributed by atoms with Crippen molar-refractivity contribution < 1.29 is 27.5 Å². The molecule has 12 nitrogen and oxygen atoms in total. The smallest absolute Gasteiger partial charge is 0.356 e. The van der Waals surface area contributed by atoms with Crippen molar-refractivity contribution >= 4 is 87.7 Å². The second-order valence-electron chi connectivity index (χ2n) is 10.6. The Hall–Kier alpha value is -6.34. The van der Waals surface area contributed by atoms with Gasteiger partial charge in [-0.1, -0.05) is 24.3 Å². The summed E-state index contributed by atoms with van der Waals surface area (Å²) in [5.74, 6) is 0. The molecule has 0 unspecified atom stereocenters. The number of pyridine rings is 4. The minimum Gasteiger partial charge on any atom is -0.356 e. The van der Waals surface area contributed by atoms with E-state index in [0.717, 1.165) is 87.7 Å². The van der Waals surface area contributed by atoms with Crippen LogP contribution in [-0.2, 0) is 22.4 Å². The summed E-state index contributed by atoms with van der Waals surface area (Å²) in [5, 5.41) is 18.7. The SMILES string of the molecule is O=[N+]([O-])[O-].[Ag+].c1ccc2nc3c4cccnc4c4ncccc4c3nc2c1.c1ccc2nc3c4cccnc4c4ncccc4c3nc2c1. The van der Waals surface area contributed by atoms with E-state index in [0.29, 0.717) is 0 Å². The van der Waals surface area contributed by atoms with E-state index < -0.39 is 5.09 Å². The van der Waals surface area contributed by atoms with E-state index in [2.05, 4.69) is 19.9 Å². The summed E-state index contributed by atoms with van der Waals surface area (Å²) >= 11 is 0. The third-order valence-corrected chi connectivity index (χ3v) is 7.84. The number of benzene rings is 4. The molecule has 0 aliphatic rings. The molecule has 0 bridgehead atoms. The van der Waals surface area contributed by atoms with Crippen LogP contribution in [0.1, 0.15) is 0 Å². The van der Waals surface area contributed by atoms with Gasteiger partial charge in [-0.2, -0.15) is 0 Å². The first-order chi connectivity index (χ1) is 23.6. The molecule has 0 saturated carbocycles. The fraction of sp³-hybridized carbons (Fsp3) is 0. The Morgan fingerprint density at radius 2 is 0.592 bits per heavy atom. The second kappa shape index (κ2) is 13.0. The number of nitrogens with zero attached hydrogens (tertiary/aromatic N) is 9. The van der Waals surface area contributed by atoms with Crippen LogP contribution in [-0.4, -0.2) is 45.0 Å².